The van der Waals surface area contributed by atoms with E-state index in [4.69, 9.17) is 97.9 Å². The molecule has 0 radical (unpaired) electrons. The molecule has 45 N–H and O–H groups in total. The average molecular weight is 1820 g/mol. The van der Waals surface area contributed by atoms with Gasteiger partial charge in [0, 0.05) is 70.5 Å². The number of carbonyl (C=O) groups is 15. The van der Waals surface area contributed by atoms with Crippen molar-refractivity contribution >= 4 is 157 Å². The van der Waals surface area contributed by atoms with E-state index in [0.717, 1.165) is 6.29 Å². The molecule has 1 rings (SSSR count). The number of unbranched alkanes of at least 4 members (excludes halogenated alkanes) is 1. The van der Waals surface area contributed by atoms with E-state index in [9.17, 15) is 77.0 Å². The monoisotopic (exact) mass is 1820 g/mol. The Hall–Kier alpha value is -11.0. The standard InChI is InChI=1S/C36H60N14O10S2.C32H63N20O6.C2H4O.K/c37-12-2-1-4-22(32(57)48-26(15-29(39)54)34(59)47-25(30(40)55)14-19-6-8-21(52)9-7-19)45-31(56)23(5-3-13-43-36(41)42)46-35(60)27(18-62)50-49-24(10-11-28(38)53)33(58)44-20(16-51)17-61;1-18(54)48-20(8-3-13-44-29(35)36)25(56)51-22(10-5-15-46-31(39)40)27(58)52-23(11-6-16-47-32(41)42)26(57)50-21(9-4-14-45-30(37)38)24(55)49-19(17-53)7-2-12-43-28(33)34;1-2-3;/h6-9,16,20,22-27,49-50,52,61-62H,1-5,10-15,17-18,37H2,(H2,38,53)(H2,39,54)(H2,40,55)(H,44,58)(H,45,56)(H,46,60)(H,47,59)(H,48,57)(H4,41,42,43);19-23H,2-16H2,1H3,(H,48,54)(H,49,55)(H,50,57)(H,51,56)(H,52,58)(H4,33,34,43)(H4,35,36,44)(H4,37,38,45)(H4,39,40,46)(H4,41,42,47);2H,1H3;/q;-1;;+1/t20-,22?,23+,24?,25?,26+,27?;19-,20-,21-,22-,23-;;/m10../s1/i16D;;;. The molecular formula is C70H127KN34O17S2. The second-order valence-electron chi connectivity index (χ2n) is 27.0. The fraction of sp³-hybridized carbons (Fsp3) is 0.600. The number of amides is 13. The number of nitrogens with one attached hydrogen (secondary N) is 12. The van der Waals surface area contributed by atoms with Crippen LogP contribution in [-0.4, -0.2) is 266 Å². The van der Waals surface area contributed by atoms with Crippen molar-refractivity contribution in [2.45, 2.75) is 208 Å². The van der Waals surface area contributed by atoms with E-state index in [-0.39, 0.29) is 240 Å². The summed E-state index contributed by atoms with van der Waals surface area (Å²) in [7, 11) is 0. The summed E-state index contributed by atoms with van der Waals surface area (Å²) in [6.07, 6.45) is 2.31. The number of phenols is 1. The van der Waals surface area contributed by atoms with E-state index in [1.54, 1.807) is 6.29 Å². The number of hydrogen-bond acceptors (Lipinski definition) is 28. The third kappa shape index (κ3) is 58.1. The Kier molecular flexibility index (Phi) is 64.4. The summed E-state index contributed by atoms with van der Waals surface area (Å²) in [6.45, 7) is 3.58. The van der Waals surface area contributed by atoms with Crippen molar-refractivity contribution < 1.29 is 135 Å². The first-order valence-electron chi connectivity index (χ1n) is 39.2. The fourth-order valence-electron chi connectivity index (χ4n) is 10.5. The van der Waals surface area contributed by atoms with Gasteiger partial charge in [0.15, 0.2) is 35.8 Å². The molecule has 0 fully saturated rings. The van der Waals surface area contributed by atoms with Gasteiger partial charge in [-0.15, -0.1) is 0 Å². The molecule has 0 aliphatic heterocycles. The van der Waals surface area contributed by atoms with Crippen LogP contribution < -0.4 is 207 Å². The smallest absolute Gasteiger partial charge is 0.540 e. The van der Waals surface area contributed by atoms with Gasteiger partial charge in [0.25, 0.3) is 0 Å². The Morgan fingerprint density at radius 1 is 0.411 bits per heavy atom. The van der Waals surface area contributed by atoms with Crippen molar-refractivity contribution in [1.29, 1.82) is 0 Å². The van der Waals surface area contributed by atoms with Crippen LogP contribution in [0.15, 0.2) is 54.2 Å². The van der Waals surface area contributed by atoms with Gasteiger partial charge < -0.3 is 164 Å². The summed E-state index contributed by atoms with van der Waals surface area (Å²) in [6, 6.07) is -9.72. The molecule has 0 aliphatic rings. The number of thiol groups is 2. The van der Waals surface area contributed by atoms with E-state index in [2.05, 4.69) is 119 Å². The van der Waals surface area contributed by atoms with Crippen molar-refractivity contribution in [3.05, 3.63) is 29.8 Å². The van der Waals surface area contributed by atoms with E-state index in [1.165, 1.54) is 38.1 Å². The summed E-state index contributed by atoms with van der Waals surface area (Å²) >= 11 is 8.17. The van der Waals surface area contributed by atoms with Crippen LogP contribution in [0.5, 0.6) is 5.75 Å². The Bertz CT molecular complexity index is 3760. The summed E-state index contributed by atoms with van der Waals surface area (Å²) < 4.78 is 7.32. The number of rotatable bonds is 62. The SMILES string of the molecule is CC(=O)N[C@@H](CCCN=C(N)N)C(=O)N[C@@H](CCCN=C(N)N)C(=O)N[C@@H](CCCN=C(N)N)C(=O)N[C@@H](CCCN=C(N)N)C(=O)N[C@H]([C-]=O)CCCN=C(N)N.CC=O.[2H]C(=O)[C@H](CS)NC(=O)C(CCC(N)=O)NNC(CS)C(=O)N[C@@H](CCCN=C(N)N)C(=O)NC(CCCCN)C(=O)N[C@@H](CC(N)=O)C(=O)NC(Cc1ccc(O)cc1)C(N)=O.[K+]. The third-order valence-corrected chi connectivity index (χ3v) is 17.3. The number of phenolic OH excluding ortho intramolecular Hbond substituents is 1. The molecule has 0 heterocycles. The van der Waals surface area contributed by atoms with Gasteiger partial charge in [-0.25, -0.2) is 17.1 Å². The van der Waals surface area contributed by atoms with Gasteiger partial charge in [0.2, 0.25) is 76.8 Å². The van der Waals surface area contributed by atoms with Crippen molar-refractivity contribution in [3.63, 3.8) is 0 Å². The number of aliphatic imine (C=N–C) groups is 6. The predicted octanol–water partition coefficient (Wildman–Crippen LogP) is -15.9. The minimum atomic E-state index is -1.64. The van der Waals surface area contributed by atoms with E-state index in [1.807, 2.05) is 0 Å². The minimum absolute atomic E-state index is 0. The summed E-state index contributed by atoms with van der Waals surface area (Å²) in [5.74, 6) is -12.2. The summed E-state index contributed by atoms with van der Waals surface area (Å²) in [4.78, 5) is 226. The molecule has 1 aromatic carbocycles. The van der Waals surface area contributed by atoms with Crippen LogP contribution in [0.1, 0.15) is 136 Å². The second-order valence-corrected chi connectivity index (χ2v) is 27.7. The normalized spacial score (nSPS) is 13.4. The van der Waals surface area contributed by atoms with Crippen LogP contribution in [0.4, 0.5) is 0 Å². The molecule has 0 aliphatic carbocycles. The number of primary amides is 3. The molecular weight excluding hydrogens is 1690 g/mol. The molecule has 4 unspecified atom stereocenters. The van der Waals surface area contributed by atoms with E-state index in [0.29, 0.717) is 31.2 Å². The Balaban J connectivity index is -0.00000230. The Morgan fingerprint density at radius 2 is 0.718 bits per heavy atom. The number of aldehydes is 2. The van der Waals surface area contributed by atoms with Gasteiger partial charge in [0.05, 0.1) is 12.5 Å². The van der Waals surface area contributed by atoms with Gasteiger partial charge in [-0.3, -0.25) is 92.3 Å². The van der Waals surface area contributed by atoms with Crippen LogP contribution in [-0.2, 0) is 83.1 Å². The van der Waals surface area contributed by atoms with Crippen molar-refractivity contribution in [2.75, 3.05) is 57.3 Å². The zero-order valence-electron chi connectivity index (χ0n) is 70.9. The van der Waals surface area contributed by atoms with Gasteiger partial charge in [0.1, 0.15) is 80.1 Å². The molecule has 692 valence electrons. The maximum Gasteiger partial charge on any atom is 1.00 e. The van der Waals surface area contributed by atoms with Crippen LogP contribution in [0.3, 0.4) is 0 Å². The van der Waals surface area contributed by atoms with Gasteiger partial charge >= 0.3 is 51.4 Å². The predicted molar refractivity (Wildman–Crippen MR) is 466 cm³/mol. The molecule has 0 spiro atoms. The van der Waals surface area contributed by atoms with Gasteiger partial charge in [-0.05, 0) is 127 Å². The number of aromatic hydroxyl groups is 1. The van der Waals surface area contributed by atoms with E-state index < -0.39 is 162 Å². The quantitative estimate of drug-likeness (QED) is 0.00421. The number of nitrogens with zero attached hydrogens (tertiary/aromatic N) is 6. The Labute approximate surface area is 772 Å². The molecule has 51 nitrogen and oxygen atoms in total. The third-order valence-electron chi connectivity index (χ3n) is 16.6. The topological polar surface area (TPSA) is 928 Å². The van der Waals surface area contributed by atoms with Gasteiger partial charge in [-0.2, -0.15) is 25.3 Å². The van der Waals surface area contributed by atoms with Crippen LogP contribution in [0.2, 0.25) is 0 Å². The minimum Gasteiger partial charge on any atom is -0.540 e. The molecule has 0 saturated carbocycles. The molecule has 12 atom stereocenters. The summed E-state index contributed by atoms with van der Waals surface area (Å²) in [5, 5.41) is 34.9. The molecule has 0 aromatic heterocycles. The van der Waals surface area contributed by atoms with Crippen molar-refractivity contribution in [3.8, 4) is 5.75 Å². The first kappa shape index (κ1) is 115. The summed E-state index contributed by atoms with van der Waals surface area (Å²) in [5.41, 5.74) is 92.5. The molecule has 0 saturated heterocycles. The Morgan fingerprint density at radius 3 is 1.02 bits per heavy atom. The first-order chi connectivity index (χ1) is 58.5. The largest absolute Gasteiger partial charge is 1.00 e. The second kappa shape index (κ2) is 69.4. The van der Waals surface area contributed by atoms with Gasteiger partial charge in [-0.1, -0.05) is 24.6 Å². The number of carbonyl (C=O) groups excluding carboxylic acids is 16. The number of guanidine groups is 6. The zero-order valence-corrected chi connectivity index (χ0v) is 74.8. The molecule has 124 heavy (non-hydrogen) atoms. The van der Waals surface area contributed by atoms with Crippen molar-refractivity contribution in [2.24, 2.45) is 122 Å². The zero-order chi connectivity index (χ0) is 94.4. The fourth-order valence-corrected chi connectivity index (χ4v) is 11.0. The van der Waals surface area contributed by atoms with Crippen molar-refractivity contribution in [1.82, 2.24) is 64.0 Å². The van der Waals surface area contributed by atoms with Crippen LogP contribution in [0, 0.1) is 0 Å². The molecule has 0 bridgehead atoms. The maximum atomic E-state index is 13.9. The number of hydrazine groups is 1. The van der Waals surface area contributed by atoms with Crippen LogP contribution >= 0.6 is 25.3 Å². The maximum absolute atomic E-state index is 13.9. The number of nitrogens with two attached hydrogens (primary N) is 16. The molecule has 54 heteroatoms. The van der Waals surface area contributed by atoms with Crippen LogP contribution in [0.25, 0.3) is 0 Å². The number of hydrogen-bond donors (Lipinski definition) is 31. The number of benzene rings is 1. The average Bonchev–Trinajstić information content (AvgIpc) is 0.899. The molecule has 13 amide bonds. The molecule has 1 aromatic rings. The van der Waals surface area contributed by atoms with E-state index >= 15 is 0 Å². The first-order valence-corrected chi connectivity index (χ1v) is 39.9.